The van der Waals surface area contributed by atoms with Gasteiger partial charge in [0.2, 0.25) is 0 Å². The smallest absolute Gasteiger partial charge is 0.435 e. The average Bonchev–Trinajstić information content (AvgIpc) is 2.91. The molecule has 10 heteroatoms. The highest BCUT2D eigenvalue weighted by Crippen LogP contribution is 2.31. The Morgan fingerprint density at radius 3 is 2.15 bits per heavy atom. The Balaban J connectivity index is 2.62. The van der Waals surface area contributed by atoms with Crippen LogP contribution in [-0.4, -0.2) is 58.0 Å². The molecule has 0 fully saturated rings. The van der Waals surface area contributed by atoms with E-state index in [9.17, 15) is 23.9 Å². The molecule has 2 rings (SSSR count). The van der Waals surface area contributed by atoms with E-state index in [4.69, 9.17) is 9.47 Å². The number of benzene rings is 1. The number of halogens is 1. The minimum atomic E-state index is -2.15. The molecule has 1 heterocycles. The third-order valence-corrected chi connectivity index (χ3v) is 3.53. The normalized spacial score (nSPS) is 19.2. The zero-order valence-electron chi connectivity index (χ0n) is 14.4. The van der Waals surface area contributed by atoms with Gasteiger partial charge in [-0.1, -0.05) is 0 Å². The Kier molecular flexibility index (Phi) is 5.44. The Labute approximate surface area is 148 Å². The number of nitrogens with zero attached hydrogens (tertiary/aromatic N) is 3. The maximum Gasteiger partial charge on any atom is 0.435 e. The fraction of sp³-hybridized carbons (Fsp3) is 0.375. The first kappa shape index (κ1) is 19.2. The topological polar surface area (TPSA) is 109 Å². The number of rotatable bonds is 4. The van der Waals surface area contributed by atoms with Crippen molar-refractivity contribution in [2.24, 2.45) is 4.99 Å². The number of amidine groups is 1. The summed E-state index contributed by atoms with van der Waals surface area (Å²) in [5, 5.41) is 10.9. The summed E-state index contributed by atoms with van der Waals surface area (Å²) in [5.41, 5.74) is -1.93. The number of carbonyl (C=O) groups excluding carboxylic acids is 2. The third kappa shape index (κ3) is 3.30. The molecule has 0 aliphatic carbocycles. The van der Waals surface area contributed by atoms with Crippen LogP contribution in [0.1, 0.15) is 26.3 Å². The second-order valence-electron chi connectivity index (χ2n) is 5.29. The number of carboxylic acids is 1. The van der Waals surface area contributed by atoms with Crippen molar-refractivity contribution in [2.75, 3.05) is 13.2 Å². The van der Waals surface area contributed by atoms with Gasteiger partial charge in [-0.05, 0) is 45.0 Å². The summed E-state index contributed by atoms with van der Waals surface area (Å²) in [7, 11) is 0. The van der Waals surface area contributed by atoms with Crippen molar-refractivity contribution in [1.82, 2.24) is 10.0 Å². The fourth-order valence-electron chi connectivity index (χ4n) is 2.31. The fourth-order valence-corrected chi connectivity index (χ4v) is 2.31. The van der Waals surface area contributed by atoms with Gasteiger partial charge in [0.05, 0.1) is 13.2 Å². The Hall–Kier alpha value is -3.17. The number of amides is 2. The lowest BCUT2D eigenvalue weighted by Crippen LogP contribution is -2.59. The molecule has 1 aliphatic rings. The first-order valence-electron chi connectivity index (χ1n) is 7.79. The summed E-state index contributed by atoms with van der Waals surface area (Å²) in [6.45, 7) is 4.14. The lowest BCUT2D eigenvalue weighted by Gasteiger charge is -2.33. The van der Waals surface area contributed by atoms with E-state index in [1.807, 2.05) is 0 Å². The second-order valence-corrected chi connectivity index (χ2v) is 5.29. The van der Waals surface area contributed by atoms with E-state index in [1.54, 1.807) is 6.92 Å². The van der Waals surface area contributed by atoms with Crippen LogP contribution in [0.15, 0.2) is 29.3 Å². The number of aliphatic carboxylic acids is 1. The molecule has 0 spiro atoms. The van der Waals surface area contributed by atoms with Crippen LogP contribution in [0.5, 0.6) is 0 Å². The van der Waals surface area contributed by atoms with Crippen LogP contribution in [0.4, 0.5) is 14.0 Å². The molecule has 1 aromatic rings. The van der Waals surface area contributed by atoms with E-state index >= 15 is 0 Å². The molecular weight excluding hydrogens is 349 g/mol. The van der Waals surface area contributed by atoms with E-state index in [1.165, 1.54) is 19.1 Å². The van der Waals surface area contributed by atoms with Gasteiger partial charge in [0, 0.05) is 5.56 Å². The monoisotopic (exact) mass is 367 g/mol. The lowest BCUT2D eigenvalue weighted by atomic mass is 10.2. The van der Waals surface area contributed by atoms with Crippen LogP contribution in [0, 0.1) is 5.82 Å². The molecule has 9 nitrogen and oxygen atoms in total. The van der Waals surface area contributed by atoms with Gasteiger partial charge in [0.25, 0.3) is 5.66 Å². The van der Waals surface area contributed by atoms with Gasteiger partial charge >= 0.3 is 18.2 Å². The van der Waals surface area contributed by atoms with Crippen molar-refractivity contribution in [2.45, 2.75) is 26.4 Å². The van der Waals surface area contributed by atoms with Gasteiger partial charge in [-0.15, -0.1) is 0 Å². The van der Waals surface area contributed by atoms with E-state index in [0.717, 1.165) is 19.1 Å². The largest absolute Gasteiger partial charge is 0.478 e. The number of hydrogen-bond acceptors (Lipinski definition) is 6. The summed E-state index contributed by atoms with van der Waals surface area (Å²) >= 11 is 0. The quantitative estimate of drug-likeness (QED) is 0.874. The highest BCUT2D eigenvalue weighted by Gasteiger charge is 2.55. The summed E-state index contributed by atoms with van der Waals surface area (Å²) in [4.78, 5) is 40.6. The van der Waals surface area contributed by atoms with Gasteiger partial charge in [-0.3, -0.25) is 0 Å². The molecule has 2 amide bonds. The number of carbonyl (C=O) groups is 3. The number of hydrogen-bond donors (Lipinski definition) is 1. The van der Waals surface area contributed by atoms with Crippen LogP contribution in [0.3, 0.4) is 0 Å². The molecule has 1 aromatic carbocycles. The zero-order chi connectivity index (χ0) is 19.5. The molecule has 140 valence electrons. The second kappa shape index (κ2) is 7.38. The summed E-state index contributed by atoms with van der Waals surface area (Å²) < 4.78 is 23.0. The van der Waals surface area contributed by atoms with Crippen molar-refractivity contribution < 1.29 is 33.4 Å². The summed E-state index contributed by atoms with van der Waals surface area (Å²) in [6, 6.07) is 4.84. The number of ether oxygens (including phenoxy) is 2. The highest BCUT2D eigenvalue weighted by molar-refractivity contribution is 6.10. The maximum atomic E-state index is 13.2. The molecule has 0 saturated carbocycles. The SMILES string of the molecule is CCOC(=O)N1C(c2ccc(F)cc2)=NC(C)(C(=O)O)N1C(=O)OCC. The third-order valence-electron chi connectivity index (χ3n) is 3.53. The predicted molar refractivity (Wildman–Crippen MR) is 86.7 cm³/mol. The van der Waals surface area contributed by atoms with E-state index in [0.29, 0.717) is 10.0 Å². The standard InChI is InChI=1S/C16H18FN3O6/c1-4-25-14(23)19-12(10-6-8-11(17)9-7-10)18-16(3,13(21)22)20(19)15(24)26-5-2/h6-9H,4-5H2,1-3H3,(H,21,22). The van der Waals surface area contributed by atoms with Crippen molar-refractivity contribution in [3.63, 3.8) is 0 Å². The van der Waals surface area contributed by atoms with Crippen molar-refractivity contribution >= 4 is 24.0 Å². The Morgan fingerprint density at radius 1 is 1.12 bits per heavy atom. The zero-order valence-corrected chi connectivity index (χ0v) is 14.4. The molecule has 1 N–H and O–H groups in total. The lowest BCUT2D eigenvalue weighted by molar-refractivity contribution is -0.152. The van der Waals surface area contributed by atoms with Crippen molar-refractivity contribution in [1.29, 1.82) is 0 Å². The van der Waals surface area contributed by atoms with Crippen LogP contribution in [-0.2, 0) is 14.3 Å². The number of aliphatic imine (C=N–C) groups is 1. The summed E-state index contributed by atoms with van der Waals surface area (Å²) in [5.74, 6) is -2.20. The molecule has 26 heavy (non-hydrogen) atoms. The molecule has 0 radical (unpaired) electrons. The van der Waals surface area contributed by atoms with Gasteiger partial charge in [0.1, 0.15) is 5.82 Å². The van der Waals surface area contributed by atoms with Gasteiger partial charge < -0.3 is 14.6 Å². The molecule has 1 unspecified atom stereocenters. The van der Waals surface area contributed by atoms with E-state index < -0.39 is 29.6 Å². The predicted octanol–water partition coefficient (Wildman–Crippen LogP) is 2.22. The molecular formula is C16H18FN3O6. The van der Waals surface area contributed by atoms with Crippen LogP contribution in [0.2, 0.25) is 0 Å². The van der Waals surface area contributed by atoms with Crippen LogP contribution < -0.4 is 0 Å². The minimum absolute atomic E-state index is 0.0213. The first-order chi connectivity index (χ1) is 12.3. The number of carboxylic acid groups (broad SMARTS) is 1. The van der Waals surface area contributed by atoms with Crippen LogP contribution in [0.25, 0.3) is 0 Å². The molecule has 0 bridgehead atoms. The Bertz CT molecular complexity index is 751. The van der Waals surface area contributed by atoms with Crippen molar-refractivity contribution in [3.8, 4) is 0 Å². The summed E-state index contributed by atoms with van der Waals surface area (Å²) in [6.07, 6.45) is -2.11. The highest BCUT2D eigenvalue weighted by atomic mass is 19.1. The van der Waals surface area contributed by atoms with Gasteiger partial charge in [-0.2, -0.15) is 10.0 Å². The molecule has 0 aromatic heterocycles. The van der Waals surface area contributed by atoms with Gasteiger partial charge in [-0.25, -0.2) is 23.8 Å². The van der Waals surface area contributed by atoms with E-state index in [2.05, 4.69) is 4.99 Å². The van der Waals surface area contributed by atoms with Crippen LogP contribution >= 0.6 is 0 Å². The Morgan fingerprint density at radius 2 is 1.65 bits per heavy atom. The average molecular weight is 367 g/mol. The number of hydrazine groups is 1. The molecule has 1 atom stereocenters. The molecule has 0 saturated heterocycles. The van der Waals surface area contributed by atoms with Crippen molar-refractivity contribution in [3.05, 3.63) is 35.6 Å². The van der Waals surface area contributed by atoms with Gasteiger partial charge in [0.15, 0.2) is 5.84 Å². The van der Waals surface area contributed by atoms with E-state index in [-0.39, 0.29) is 24.6 Å². The molecule has 1 aliphatic heterocycles. The first-order valence-corrected chi connectivity index (χ1v) is 7.79. The maximum absolute atomic E-state index is 13.2. The minimum Gasteiger partial charge on any atom is -0.478 e.